The van der Waals surface area contributed by atoms with Gasteiger partial charge < -0.3 is 10.1 Å². The molecule has 2 rings (SSSR count). The number of methoxy groups -OCH3 is 1. The maximum atomic E-state index is 11.3. The molecule has 0 bridgehead atoms. The molecular weight excluding hydrogens is 292 g/mol. The number of hydrogen-bond acceptors (Lipinski definition) is 6. The highest BCUT2D eigenvalue weighted by molar-refractivity contribution is 7.61. The second-order valence-electron chi connectivity index (χ2n) is 4.70. The van der Waals surface area contributed by atoms with Crippen LogP contribution in [-0.2, 0) is 15.2 Å². The van der Waals surface area contributed by atoms with Gasteiger partial charge in [0.1, 0.15) is 0 Å². The van der Waals surface area contributed by atoms with E-state index in [-0.39, 0.29) is 18.1 Å². The zero-order chi connectivity index (χ0) is 15.2. The van der Waals surface area contributed by atoms with Gasteiger partial charge in [-0.05, 0) is 24.1 Å². The van der Waals surface area contributed by atoms with Crippen LogP contribution in [0.1, 0.15) is 22.3 Å². The number of carbonyl (C=O) groups is 1. The third-order valence-electron chi connectivity index (χ3n) is 3.23. The molecule has 112 valence electrons. The first-order valence-corrected chi connectivity index (χ1v) is 7.52. The monoisotopic (exact) mass is 308 g/mol. The lowest BCUT2D eigenvalue weighted by Gasteiger charge is -2.03. The van der Waals surface area contributed by atoms with E-state index >= 15 is 0 Å². The average Bonchev–Trinajstić information content (AvgIpc) is 2.91. The molecule has 0 unspecified atom stereocenters. The topological polar surface area (TPSA) is 84.8 Å². The lowest BCUT2D eigenvalue weighted by Crippen LogP contribution is -2.18. The molecule has 0 spiro atoms. The molecule has 1 aliphatic rings. The summed E-state index contributed by atoms with van der Waals surface area (Å²) in [7, 11) is -1.01. The normalized spacial score (nSPS) is 21.4. The minimum absolute atomic E-state index is 0.0996. The summed E-state index contributed by atoms with van der Waals surface area (Å²) >= 11 is 0. The molecule has 1 N–H and O–H groups in total. The summed E-state index contributed by atoms with van der Waals surface area (Å²) in [5.74, 6) is -0.363. The van der Waals surface area contributed by atoms with Crippen molar-refractivity contribution in [1.82, 2.24) is 5.32 Å². The number of ether oxygens (including phenoxy) is 1. The van der Waals surface area contributed by atoms with Crippen LogP contribution in [0, 0.1) is 0 Å². The highest BCUT2D eigenvalue weighted by Gasteiger charge is 2.21. The van der Waals surface area contributed by atoms with Crippen molar-refractivity contribution in [3.8, 4) is 0 Å². The van der Waals surface area contributed by atoms with Gasteiger partial charge in [-0.15, -0.1) is 0 Å². The van der Waals surface area contributed by atoms with Crippen molar-refractivity contribution >= 4 is 22.5 Å². The van der Waals surface area contributed by atoms with Crippen molar-refractivity contribution in [3.63, 3.8) is 0 Å². The summed E-state index contributed by atoms with van der Waals surface area (Å²) in [4.78, 5) is 11.3. The van der Waals surface area contributed by atoms with E-state index in [1.165, 1.54) is 7.11 Å². The second-order valence-corrected chi connectivity index (χ2v) is 5.34. The summed E-state index contributed by atoms with van der Waals surface area (Å²) in [6, 6.07) is 6.96. The largest absolute Gasteiger partial charge is 0.465 e. The van der Waals surface area contributed by atoms with Gasteiger partial charge in [-0.3, -0.25) is 0 Å². The fourth-order valence-corrected chi connectivity index (χ4v) is 2.58. The van der Waals surface area contributed by atoms with E-state index < -0.39 is 10.5 Å². The zero-order valence-corrected chi connectivity index (χ0v) is 12.3. The Bertz CT molecular complexity index is 657. The predicted octanol–water partition coefficient (Wildman–Crippen LogP) is 1.28. The summed E-state index contributed by atoms with van der Waals surface area (Å²) in [6.45, 7) is 0.560. The molecule has 1 saturated heterocycles. The smallest absolute Gasteiger partial charge is 0.337 e. The maximum Gasteiger partial charge on any atom is 0.337 e. The van der Waals surface area contributed by atoms with Crippen LogP contribution >= 0.6 is 0 Å². The molecule has 1 aromatic rings. The first-order valence-electron chi connectivity index (χ1n) is 6.48. The Morgan fingerprint density at radius 3 is 2.71 bits per heavy atom. The molecule has 1 heterocycles. The molecule has 1 aromatic carbocycles. The average molecular weight is 308 g/mol. The molecule has 21 heavy (non-hydrogen) atoms. The molecular formula is C14H16N2O4S. The quantitative estimate of drug-likeness (QED) is 0.847. The second kappa shape index (κ2) is 7.14. The Morgan fingerprint density at radius 2 is 2.10 bits per heavy atom. The molecule has 0 radical (unpaired) electrons. The Balaban J connectivity index is 1.96. The van der Waals surface area contributed by atoms with E-state index in [4.69, 9.17) is 0 Å². The summed E-state index contributed by atoms with van der Waals surface area (Å²) in [5.41, 5.74) is 1.46. The number of rotatable bonds is 4. The summed E-state index contributed by atoms with van der Waals surface area (Å²) in [6.07, 6.45) is 4.55. The number of carbonyl (C=O) groups excluding carboxylic acids is 1. The molecule has 1 aliphatic heterocycles. The zero-order valence-electron chi connectivity index (χ0n) is 11.5. The van der Waals surface area contributed by atoms with E-state index in [1.54, 1.807) is 12.1 Å². The predicted molar refractivity (Wildman–Crippen MR) is 78.4 cm³/mol. The van der Waals surface area contributed by atoms with Crippen molar-refractivity contribution in [2.75, 3.05) is 13.7 Å². The van der Waals surface area contributed by atoms with Crippen LogP contribution in [0.15, 0.2) is 34.7 Å². The van der Waals surface area contributed by atoms with Crippen LogP contribution in [0.2, 0.25) is 0 Å². The molecule has 0 aliphatic carbocycles. The molecule has 2 atom stereocenters. The van der Waals surface area contributed by atoms with Crippen molar-refractivity contribution in [3.05, 3.63) is 41.5 Å². The Kier molecular flexibility index (Phi) is 5.24. The Morgan fingerprint density at radius 1 is 1.38 bits per heavy atom. The highest BCUT2D eigenvalue weighted by atomic mass is 32.2. The maximum absolute atomic E-state index is 11.3. The summed E-state index contributed by atoms with van der Waals surface area (Å²) < 4.78 is 29.2. The van der Waals surface area contributed by atoms with Crippen LogP contribution in [-0.4, -0.2) is 40.1 Å². The minimum Gasteiger partial charge on any atom is -0.465 e. The number of nitrogens with zero attached hydrogens (tertiary/aromatic N) is 1. The standard InChI is InChI=1S/C14H16N2O4S/c1-20-14(17)11-5-2-10(3-6-11)4-7-12-8-13(9-15-12)16-21(18)19/h2-7,12-13,15H,8-9H2,1H3/t12-,13-/m1/s1. The number of hydrogen-bond donors (Lipinski definition) is 1. The van der Waals surface area contributed by atoms with Crippen LogP contribution in [0.3, 0.4) is 0 Å². The Labute approximate surface area is 124 Å². The van der Waals surface area contributed by atoms with E-state index in [1.807, 2.05) is 24.3 Å². The molecule has 1 fully saturated rings. The first-order chi connectivity index (χ1) is 10.1. The van der Waals surface area contributed by atoms with E-state index in [2.05, 4.69) is 14.4 Å². The minimum atomic E-state index is -2.35. The van der Waals surface area contributed by atoms with Gasteiger partial charge in [-0.25, -0.2) is 4.79 Å². The lowest BCUT2D eigenvalue weighted by atomic mass is 10.1. The fraction of sp³-hybridized carbons (Fsp3) is 0.357. The Hall–Kier alpha value is -1.99. The van der Waals surface area contributed by atoms with Gasteiger partial charge in [-0.1, -0.05) is 24.3 Å². The van der Waals surface area contributed by atoms with Crippen LogP contribution in [0.25, 0.3) is 6.08 Å². The van der Waals surface area contributed by atoms with Crippen molar-refractivity contribution in [2.24, 2.45) is 4.36 Å². The van der Waals surface area contributed by atoms with Gasteiger partial charge in [0.05, 0.1) is 18.7 Å². The lowest BCUT2D eigenvalue weighted by molar-refractivity contribution is 0.0600. The number of nitrogens with one attached hydrogen (secondary N) is 1. The molecule has 7 heteroatoms. The van der Waals surface area contributed by atoms with E-state index in [9.17, 15) is 13.2 Å². The van der Waals surface area contributed by atoms with Gasteiger partial charge >= 0.3 is 16.5 Å². The molecule has 0 saturated carbocycles. The van der Waals surface area contributed by atoms with Crippen LogP contribution < -0.4 is 5.32 Å². The van der Waals surface area contributed by atoms with Gasteiger partial charge in [0.2, 0.25) is 0 Å². The molecule has 0 aromatic heterocycles. The first kappa shape index (κ1) is 15.4. The van der Waals surface area contributed by atoms with Gasteiger partial charge in [0.25, 0.3) is 0 Å². The number of benzene rings is 1. The fourth-order valence-electron chi connectivity index (χ4n) is 2.17. The van der Waals surface area contributed by atoms with Crippen molar-refractivity contribution in [1.29, 1.82) is 0 Å². The third-order valence-corrected chi connectivity index (χ3v) is 3.70. The van der Waals surface area contributed by atoms with Gasteiger partial charge in [0.15, 0.2) is 0 Å². The SMILES string of the molecule is COC(=O)c1ccc(C=C[C@@H]2C[C@@H](N=S(=O)=O)CN2)cc1. The van der Waals surface area contributed by atoms with Crippen molar-refractivity contribution < 1.29 is 17.9 Å². The number of esters is 1. The van der Waals surface area contributed by atoms with Crippen molar-refractivity contribution in [2.45, 2.75) is 18.5 Å². The van der Waals surface area contributed by atoms with Gasteiger partial charge in [0, 0.05) is 12.6 Å². The van der Waals surface area contributed by atoms with Gasteiger partial charge in [-0.2, -0.15) is 12.8 Å². The van der Waals surface area contributed by atoms with Crippen LogP contribution in [0.5, 0.6) is 0 Å². The van der Waals surface area contributed by atoms with E-state index in [0.717, 1.165) is 5.56 Å². The van der Waals surface area contributed by atoms with Crippen LogP contribution in [0.4, 0.5) is 0 Å². The highest BCUT2D eigenvalue weighted by Crippen LogP contribution is 2.13. The summed E-state index contributed by atoms with van der Waals surface area (Å²) in [5, 5.41) is 3.19. The molecule has 0 amide bonds. The molecule has 6 nitrogen and oxygen atoms in total. The third kappa shape index (κ3) is 4.51. The van der Waals surface area contributed by atoms with E-state index in [0.29, 0.717) is 18.5 Å².